The molecule has 0 aliphatic rings. The van der Waals surface area contributed by atoms with E-state index in [1.807, 2.05) is 56.0 Å². The van der Waals surface area contributed by atoms with Gasteiger partial charge < -0.3 is 9.73 Å². The first-order chi connectivity index (χ1) is 10.2. The van der Waals surface area contributed by atoms with Crippen LogP contribution in [0.3, 0.4) is 0 Å². The second-order valence-electron chi connectivity index (χ2n) is 5.09. The van der Waals surface area contributed by atoms with Crippen molar-refractivity contribution in [3.05, 3.63) is 71.4 Å². The molecule has 3 aromatic rings. The van der Waals surface area contributed by atoms with E-state index in [1.54, 1.807) is 0 Å². The van der Waals surface area contributed by atoms with Crippen LogP contribution in [-0.4, -0.2) is 16.8 Å². The minimum absolute atomic E-state index is 0.0464. The second kappa shape index (κ2) is 5.58. The molecule has 21 heavy (non-hydrogen) atoms. The molecule has 1 N–H and O–H groups in total. The summed E-state index contributed by atoms with van der Waals surface area (Å²) < 4.78 is 7.63. The van der Waals surface area contributed by atoms with Crippen molar-refractivity contribution < 1.29 is 4.42 Å². The highest BCUT2D eigenvalue weighted by Gasteiger charge is 2.21. The summed E-state index contributed by atoms with van der Waals surface area (Å²) >= 11 is 0. The highest BCUT2D eigenvalue weighted by Crippen LogP contribution is 2.28. The summed E-state index contributed by atoms with van der Waals surface area (Å²) in [5.74, 6) is 1.86. The smallest absolute Gasteiger partial charge is 0.106 e. The summed E-state index contributed by atoms with van der Waals surface area (Å²) in [6, 6.07) is 14.3. The highest BCUT2D eigenvalue weighted by molar-refractivity contribution is 5.37. The van der Waals surface area contributed by atoms with Crippen LogP contribution in [0.4, 0.5) is 0 Å². The predicted octanol–water partition coefficient (Wildman–Crippen LogP) is 3.39. The van der Waals surface area contributed by atoms with Gasteiger partial charge in [-0.15, -0.1) is 0 Å². The Morgan fingerprint density at radius 1 is 1.14 bits per heavy atom. The molecule has 0 bridgehead atoms. The zero-order valence-electron chi connectivity index (χ0n) is 12.5. The van der Waals surface area contributed by atoms with E-state index in [0.717, 1.165) is 28.5 Å². The number of aromatic nitrogens is 2. The summed E-state index contributed by atoms with van der Waals surface area (Å²) in [6.07, 6.45) is 1.83. The fraction of sp³-hybridized carbons (Fsp3) is 0.235. The molecule has 0 saturated carbocycles. The first-order valence-electron chi connectivity index (χ1n) is 7.04. The van der Waals surface area contributed by atoms with Crippen LogP contribution in [0.15, 0.2) is 53.1 Å². The normalized spacial score (nSPS) is 12.5. The van der Waals surface area contributed by atoms with Crippen molar-refractivity contribution in [1.82, 2.24) is 15.1 Å². The molecule has 1 unspecified atom stereocenters. The van der Waals surface area contributed by atoms with E-state index >= 15 is 0 Å². The zero-order chi connectivity index (χ0) is 14.8. The van der Waals surface area contributed by atoms with Gasteiger partial charge in [-0.2, -0.15) is 5.10 Å². The number of hydrogen-bond donors (Lipinski definition) is 1. The molecule has 3 rings (SSSR count). The summed E-state index contributed by atoms with van der Waals surface area (Å²) in [5, 5.41) is 7.83. The van der Waals surface area contributed by atoms with Crippen molar-refractivity contribution >= 4 is 0 Å². The van der Waals surface area contributed by atoms with Gasteiger partial charge in [-0.1, -0.05) is 18.2 Å². The van der Waals surface area contributed by atoms with E-state index < -0.39 is 0 Å². The van der Waals surface area contributed by atoms with Gasteiger partial charge in [-0.25, -0.2) is 4.68 Å². The van der Waals surface area contributed by atoms with E-state index in [2.05, 4.69) is 28.6 Å². The van der Waals surface area contributed by atoms with Gasteiger partial charge in [0.1, 0.15) is 11.5 Å². The molecular weight excluding hydrogens is 262 g/mol. The summed E-state index contributed by atoms with van der Waals surface area (Å²) in [7, 11) is 1.95. The molecule has 0 saturated heterocycles. The van der Waals surface area contributed by atoms with E-state index in [4.69, 9.17) is 4.42 Å². The fourth-order valence-corrected chi connectivity index (χ4v) is 2.72. The maximum absolute atomic E-state index is 5.67. The number of nitrogens with zero attached hydrogens (tertiary/aromatic N) is 2. The Hall–Kier alpha value is -2.33. The first-order valence-corrected chi connectivity index (χ1v) is 7.04. The van der Waals surface area contributed by atoms with E-state index in [9.17, 15) is 0 Å². The number of para-hydroxylation sites is 1. The van der Waals surface area contributed by atoms with Crippen molar-refractivity contribution in [3.8, 4) is 5.69 Å². The lowest BCUT2D eigenvalue weighted by molar-refractivity contribution is 0.495. The van der Waals surface area contributed by atoms with Gasteiger partial charge in [0.25, 0.3) is 0 Å². The van der Waals surface area contributed by atoms with Gasteiger partial charge in [0.2, 0.25) is 0 Å². The van der Waals surface area contributed by atoms with Crippen LogP contribution < -0.4 is 5.32 Å². The highest BCUT2D eigenvalue weighted by atomic mass is 16.3. The summed E-state index contributed by atoms with van der Waals surface area (Å²) in [5.41, 5.74) is 3.29. The standard InChI is InChI=1S/C17H19N3O/c1-12-11-15(13(2)21-12)17(18-3)16-9-10-19-20(16)14-7-5-4-6-8-14/h4-11,17-18H,1-3H3. The van der Waals surface area contributed by atoms with Crippen LogP contribution in [0.1, 0.15) is 28.8 Å². The topological polar surface area (TPSA) is 43.0 Å². The van der Waals surface area contributed by atoms with Gasteiger partial charge in [-0.05, 0) is 45.2 Å². The molecule has 0 aliphatic heterocycles. The SMILES string of the molecule is CNC(c1cc(C)oc1C)c1ccnn1-c1ccccc1. The molecule has 108 valence electrons. The molecular formula is C17H19N3O. The van der Waals surface area contributed by atoms with Crippen molar-refractivity contribution in [2.45, 2.75) is 19.9 Å². The molecule has 4 nitrogen and oxygen atoms in total. The zero-order valence-corrected chi connectivity index (χ0v) is 12.5. The van der Waals surface area contributed by atoms with Crippen molar-refractivity contribution in [2.24, 2.45) is 0 Å². The molecule has 0 aliphatic carbocycles. The summed E-state index contributed by atoms with van der Waals surface area (Å²) in [4.78, 5) is 0. The Kier molecular flexibility index (Phi) is 3.62. The molecule has 2 heterocycles. The third kappa shape index (κ3) is 2.50. The number of aryl methyl sites for hydroxylation is 2. The Labute approximate surface area is 124 Å². The van der Waals surface area contributed by atoms with Gasteiger partial charge in [0, 0.05) is 11.8 Å². The third-order valence-corrected chi connectivity index (χ3v) is 3.65. The monoisotopic (exact) mass is 281 g/mol. The van der Waals surface area contributed by atoms with Gasteiger partial charge in [0.05, 0.1) is 17.4 Å². The molecule has 1 aromatic carbocycles. The van der Waals surface area contributed by atoms with Crippen molar-refractivity contribution in [2.75, 3.05) is 7.05 Å². The molecule has 0 radical (unpaired) electrons. The fourth-order valence-electron chi connectivity index (χ4n) is 2.72. The van der Waals surface area contributed by atoms with E-state index in [0.29, 0.717) is 0 Å². The summed E-state index contributed by atoms with van der Waals surface area (Å²) in [6.45, 7) is 3.97. The Morgan fingerprint density at radius 3 is 2.52 bits per heavy atom. The Morgan fingerprint density at radius 2 is 1.90 bits per heavy atom. The lowest BCUT2D eigenvalue weighted by Gasteiger charge is -2.17. The molecule has 0 spiro atoms. The number of rotatable bonds is 4. The van der Waals surface area contributed by atoms with Gasteiger partial charge >= 0.3 is 0 Å². The molecule has 2 aromatic heterocycles. The van der Waals surface area contributed by atoms with Crippen LogP contribution in [-0.2, 0) is 0 Å². The van der Waals surface area contributed by atoms with Crippen molar-refractivity contribution in [1.29, 1.82) is 0 Å². The number of nitrogens with one attached hydrogen (secondary N) is 1. The quantitative estimate of drug-likeness (QED) is 0.797. The number of furan rings is 1. The molecule has 0 amide bonds. The lowest BCUT2D eigenvalue weighted by Crippen LogP contribution is -2.21. The van der Waals surface area contributed by atoms with Crippen molar-refractivity contribution in [3.63, 3.8) is 0 Å². The Balaban J connectivity index is 2.07. The number of hydrogen-bond acceptors (Lipinski definition) is 3. The second-order valence-corrected chi connectivity index (χ2v) is 5.09. The minimum Gasteiger partial charge on any atom is -0.466 e. The molecule has 4 heteroatoms. The van der Waals surface area contributed by atoms with E-state index in [1.165, 1.54) is 0 Å². The first kappa shape index (κ1) is 13.6. The Bertz CT molecular complexity index is 728. The maximum atomic E-state index is 5.67. The largest absolute Gasteiger partial charge is 0.466 e. The van der Waals surface area contributed by atoms with Gasteiger partial charge in [-0.3, -0.25) is 0 Å². The third-order valence-electron chi connectivity index (χ3n) is 3.65. The minimum atomic E-state index is 0.0464. The van der Waals surface area contributed by atoms with Gasteiger partial charge in [0.15, 0.2) is 0 Å². The molecule has 0 fully saturated rings. The van der Waals surface area contributed by atoms with Crippen LogP contribution >= 0.6 is 0 Å². The molecule has 1 atom stereocenters. The van der Waals surface area contributed by atoms with Crippen LogP contribution in [0.25, 0.3) is 5.69 Å². The number of benzene rings is 1. The average molecular weight is 281 g/mol. The van der Waals surface area contributed by atoms with E-state index in [-0.39, 0.29) is 6.04 Å². The average Bonchev–Trinajstić information content (AvgIpc) is 3.09. The van der Waals surface area contributed by atoms with Crippen LogP contribution in [0.5, 0.6) is 0 Å². The predicted molar refractivity (Wildman–Crippen MR) is 82.6 cm³/mol. The maximum Gasteiger partial charge on any atom is 0.106 e. The van der Waals surface area contributed by atoms with Crippen LogP contribution in [0.2, 0.25) is 0 Å². The van der Waals surface area contributed by atoms with Crippen LogP contribution in [0, 0.1) is 13.8 Å². The lowest BCUT2D eigenvalue weighted by atomic mass is 10.0.